The van der Waals surface area contributed by atoms with E-state index < -0.39 is 49.2 Å². The van der Waals surface area contributed by atoms with Crippen molar-refractivity contribution in [1.29, 1.82) is 0 Å². The average molecular weight is 475 g/mol. The second-order valence-electron chi connectivity index (χ2n) is 7.83. The number of carbonyl (C=O) groups excluding carboxylic acids is 2. The summed E-state index contributed by atoms with van der Waals surface area (Å²) in [5, 5.41) is 33.8. The van der Waals surface area contributed by atoms with Gasteiger partial charge < -0.3 is 39.6 Å². The molecule has 10 nitrogen and oxygen atoms in total. The van der Waals surface area contributed by atoms with Crippen molar-refractivity contribution in [3.8, 4) is 11.5 Å². The molecule has 1 aliphatic rings. The first kappa shape index (κ1) is 25.8. The molecule has 0 radical (unpaired) electrons. The minimum atomic E-state index is -1.36. The largest absolute Gasteiger partial charge is 0.426 e. The van der Waals surface area contributed by atoms with Crippen LogP contribution >= 0.6 is 0 Å². The first-order valence-corrected chi connectivity index (χ1v) is 10.8. The Morgan fingerprint density at radius 1 is 0.912 bits per heavy atom. The molecule has 0 amide bonds. The van der Waals surface area contributed by atoms with E-state index in [1.807, 2.05) is 0 Å². The van der Waals surface area contributed by atoms with Crippen molar-refractivity contribution >= 4 is 11.9 Å². The molecule has 0 spiro atoms. The summed E-state index contributed by atoms with van der Waals surface area (Å²) in [5.41, 5.74) is 1.21. The maximum atomic E-state index is 11.4. The molecule has 4 N–H and O–H groups in total. The van der Waals surface area contributed by atoms with E-state index >= 15 is 0 Å². The lowest BCUT2D eigenvalue weighted by atomic mass is 9.96. The lowest BCUT2D eigenvalue weighted by molar-refractivity contribution is -0.274. The zero-order valence-electron chi connectivity index (χ0n) is 18.9. The standard InChI is InChI=1S/C24H29NO9/c1-14(27)32-18-9-5-3-7-16(18)11-25-21-23(30)22(29)20(12-26)34-24(21)31-13-17-8-4-6-10-19(17)33-15(2)28/h3-10,20-26,29-30H,11-13H2,1-2H3/t20-,21-,22-,23-,24?/m1/s1. The van der Waals surface area contributed by atoms with Crippen molar-refractivity contribution in [1.82, 2.24) is 5.32 Å². The fraction of sp³-hybridized carbons (Fsp3) is 0.417. The monoisotopic (exact) mass is 475 g/mol. The lowest BCUT2D eigenvalue weighted by Crippen LogP contribution is -2.63. The second kappa shape index (κ2) is 12.0. The molecule has 184 valence electrons. The number of hydrogen-bond acceptors (Lipinski definition) is 10. The van der Waals surface area contributed by atoms with Crippen LogP contribution in [0.1, 0.15) is 25.0 Å². The van der Waals surface area contributed by atoms with E-state index in [2.05, 4.69) is 5.32 Å². The second-order valence-corrected chi connectivity index (χ2v) is 7.83. The Hall–Kier alpha value is -2.86. The van der Waals surface area contributed by atoms with Crippen molar-refractivity contribution in [3.05, 3.63) is 59.7 Å². The number of benzene rings is 2. The first-order chi connectivity index (χ1) is 16.3. The minimum absolute atomic E-state index is 0.0305. The molecule has 0 bridgehead atoms. The van der Waals surface area contributed by atoms with Crippen LogP contribution in [0.15, 0.2) is 48.5 Å². The zero-order chi connectivity index (χ0) is 24.7. The van der Waals surface area contributed by atoms with Gasteiger partial charge in [-0.25, -0.2) is 0 Å². The molecule has 1 aliphatic heterocycles. The number of para-hydroxylation sites is 2. The van der Waals surface area contributed by atoms with E-state index in [0.29, 0.717) is 22.6 Å². The smallest absolute Gasteiger partial charge is 0.308 e. The van der Waals surface area contributed by atoms with E-state index in [0.717, 1.165) is 0 Å². The van der Waals surface area contributed by atoms with Crippen LogP contribution in [0.5, 0.6) is 11.5 Å². The van der Waals surface area contributed by atoms with Gasteiger partial charge >= 0.3 is 11.9 Å². The van der Waals surface area contributed by atoms with Crippen molar-refractivity contribution in [3.63, 3.8) is 0 Å². The normalized spacial score (nSPS) is 24.4. The van der Waals surface area contributed by atoms with Crippen LogP contribution in [0.3, 0.4) is 0 Å². The van der Waals surface area contributed by atoms with Crippen molar-refractivity contribution < 1.29 is 43.9 Å². The SMILES string of the molecule is CC(=O)Oc1ccccc1CN[C@H]1C(OCc2ccccc2OC(C)=O)O[C@H](CO)[C@@H](O)[C@@H]1O. The van der Waals surface area contributed by atoms with Gasteiger partial charge in [0.15, 0.2) is 6.29 Å². The van der Waals surface area contributed by atoms with Crippen LogP contribution in [0.25, 0.3) is 0 Å². The topological polar surface area (TPSA) is 144 Å². The number of rotatable bonds is 9. The van der Waals surface area contributed by atoms with E-state index in [9.17, 15) is 24.9 Å². The molecule has 34 heavy (non-hydrogen) atoms. The molecule has 3 rings (SSSR count). The molecule has 1 heterocycles. The number of carbonyl (C=O) groups is 2. The van der Waals surface area contributed by atoms with Gasteiger partial charge in [0, 0.05) is 31.5 Å². The van der Waals surface area contributed by atoms with E-state index in [4.69, 9.17) is 18.9 Å². The molecule has 0 aromatic heterocycles. The summed E-state index contributed by atoms with van der Waals surface area (Å²) < 4.78 is 22.0. The predicted octanol–water partition coefficient (Wildman–Crippen LogP) is 0.651. The lowest BCUT2D eigenvalue weighted by Gasteiger charge is -2.42. The molecular formula is C24H29NO9. The third kappa shape index (κ3) is 6.60. The Morgan fingerprint density at radius 2 is 1.47 bits per heavy atom. The Labute approximate surface area is 197 Å². The van der Waals surface area contributed by atoms with Crippen LogP contribution in [0, 0.1) is 0 Å². The molecule has 1 fully saturated rings. The van der Waals surface area contributed by atoms with Gasteiger partial charge in [-0.2, -0.15) is 0 Å². The summed E-state index contributed by atoms with van der Waals surface area (Å²) in [4.78, 5) is 22.8. The molecule has 2 aromatic carbocycles. The van der Waals surface area contributed by atoms with Crippen LogP contribution in [0.2, 0.25) is 0 Å². The summed E-state index contributed by atoms with van der Waals surface area (Å²) in [6, 6.07) is 12.8. The molecule has 0 saturated carbocycles. The highest BCUT2D eigenvalue weighted by molar-refractivity contribution is 5.70. The molecule has 10 heteroatoms. The molecule has 2 aromatic rings. The van der Waals surface area contributed by atoms with Crippen LogP contribution in [0.4, 0.5) is 0 Å². The maximum absolute atomic E-state index is 11.4. The minimum Gasteiger partial charge on any atom is -0.426 e. The number of ether oxygens (including phenoxy) is 4. The van der Waals surface area contributed by atoms with E-state index in [1.54, 1.807) is 48.5 Å². The number of esters is 2. The molecule has 1 saturated heterocycles. The first-order valence-electron chi connectivity index (χ1n) is 10.8. The van der Waals surface area contributed by atoms with Gasteiger partial charge in [0.2, 0.25) is 0 Å². The van der Waals surface area contributed by atoms with Gasteiger partial charge in [0.1, 0.15) is 29.8 Å². The summed E-state index contributed by atoms with van der Waals surface area (Å²) in [6.07, 6.45) is -4.82. The zero-order valence-corrected chi connectivity index (χ0v) is 18.9. The van der Waals surface area contributed by atoms with Crippen LogP contribution in [-0.2, 0) is 32.2 Å². The average Bonchev–Trinajstić information content (AvgIpc) is 2.80. The van der Waals surface area contributed by atoms with E-state index in [1.165, 1.54) is 13.8 Å². The number of aliphatic hydroxyl groups is 3. The Kier molecular flexibility index (Phi) is 9.11. The maximum Gasteiger partial charge on any atom is 0.308 e. The third-order valence-electron chi connectivity index (χ3n) is 5.26. The summed E-state index contributed by atoms with van der Waals surface area (Å²) in [5.74, 6) is -0.270. The molecule has 1 unspecified atom stereocenters. The molecule has 0 aliphatic carbocycles. The summed E-state index contributed by atoms with van der Waals surface area (Å²) in [7, 11) is 0. The highest BCUT2D eigenvalue weighted by atomic mass is 16.7. The van der Waals surface area contributed by atoms with Gasteiger partial charge in [-0.1, -0.05) is 36.4 Å². The predicted molar refractivity (Wildman–Crippen MR) is 119 cm³/mol. The van der Waals surface area contributed by atoms with Crippen LogP contribution in [-0.4, -0.2) is 64.5 Å². The van der Waals surface area contributed by atoms with E-state index in [-0.39, 0.29) is 13.2 Å². The molecule has 5 atom stereocenters. The van der Waals surface area contributed by atoms with Crippen molar-refractivity contribution in [2.45, 2.75) is 57.6 Å². The summed E-state index contributed by atoms with van der Waals surface area (Å²) >= 11 is 0. The highest BCUT2D eigenvalue weighted by Crippen LogP contribution is 2.26. The Morgan fingerprint density at radius 3 is 2.06 bits per heavy atom. The third-order valence-corrected chi connectivity index (χ3v) is 5.26. The highest BCUT2D eigenvalue weighted by Gasteiger charge is 2.44. The fourth-order valence-electron chi connectivity index (χ4n) is 3.62. The number of aliphatic hydroxyl groups excluding tert-OH is 3. The van der Waals surface area contributed by atoms with Crippen molar-refractivity contribution in [2.75, 3.05) is 6.61 Å². The number of nitrogens with one attached hydrogen (secondary N) is 1. The summed E-state index contributed by atoms with van der Waals surface area (Å²) in [6.45, 7) is 2.20. The molecular weight excluding hydrogens is 446 g/mol. The Balaban J connectivity index is 1.76. The quantitative estimate of drug-likeness (QED) is 0.301. The number of hydrogen-bond donors (Lipinski definition) is 4. The Bertz CT molecular complexity index is 982. The van der Waals surface area contributed by atoms with Gasteiger partial charge in [-0.3, -0.25) is 9.59 Å². The van der Waals surface area contributed by atoms with Gasteiger partial charge in [-0.05, 0) is 12.1 Å². The van der Waals surface area contributed by atoms with Gasteiger partial charge in [-0.15, -0.1) is 0 Å². The van der Waals surface area contributed by atoms with Crippen molar-refractivity contribution in [2.24, 2.45) is 0 Å². The van der Waals surface area contributed by atoms with Gasteiger partial charge in [0.25, 0.3) is 0 Å². The van der Waals surface area contributed by atoms with Gasteiger partial charge in [0.05, 0.1) is 19.3 Å². The fourth-order valence-corrected chi connectivity index (χ4v) is 3.62. The van der Waals surface area contributed by atoms with Crippen LogP contribution < -0.4 is 14.8 Å².